The molecule has 5 rings (SSSR count). The van der Waals surface area contributed by atoms with Crippen LogP contribution in [0.3, 0.4) is 0 Å². The van der Waals surface area contributed by atoms with Gasteiger partial charge in [-0.25, -0.2) is 9.79 Å². The summed E-state index contributed by atoms with van der Waals surface area (Å²) in [6, 6.07) is 23.2. The normalized spacial score (nSPS) is 14.8. The lowest BCUT2D eigenvalue weighted by Gasteiger charge is -2.25. The minimum atomic E-state index is -0.731. The molecule has 0 saturated carbocycles. The van der Waals surface area contributed by atoms with Crippen LogP contribution in [0, 0.1) is 11.3 Å². The summed E-state index contributed by atoms with van der Waals surface area (Å²) in [7, 11) is 0. The number of fused-ring (bicyclic) bond motifs is 1. The van der Waals surface area contributed by atoms with Crippen LogP contribution in [0.5, 0.6) is 5.75 Å². The molecule has 4 aromatic rings. The molecule has 1 unspecified atom stereocenters. The summed E-state index contributed by atoms with van der Waals surface area (Å²) in [6.45, 7) is 5.50. The van der Waals surface area contributed by atoms with Crippen LogP contribution in [-0.4, -0.2) is 16.6 Å². The van der Waals surface area contributed by atoms with Crippen molar-refractivity contribution in [3.63, 3.8) is 0 Å². The first-order valence-electron chi connectivity index (χ1n) is 13.0. The Labute approximate surface area is 245 Å². The van der Waals surface area contributed by atoms with Crippen LogP contribution in [0.1, 0.15) is 49.1 Å². The van der Waals surface area contributed by atoms with Gasteiger partial charge >= 0.3 is 5.97 Å². The number of benzene rings is 3. The number of nitrogens with zero attached hydrogens (tertiary/aromatic N) is 3. The third-order valence-electron chi connectivity index (χ3n) is 6.50. The van der Waals surface area contributed by atoms with Crippen molar-refractivity contribution < 1.29 is 14.3 Å². The zero-order chi connectivity index (χ0) is 29.1. The van der Waals surface area contributed by atoms with Crippen molar-refractivity contribution in [2.24, 2.45) is 4.99 Å². The first kappa shape index (κ1) is 28.1. The van der Waals surface area contributed by atoms with Crippen LogP contribution in [0.15, 0.2) is 93.9 Å². The van der Waals surface area contributed by atoms with Gasteiger partial charge in [-0.15, -0.1) is 0 Å². The maximum atomic E-state index is 13.9. The molecule has 1 atom stereocenters. The van der Waals surface area contributed by atoms with Crippen molar-refractivity contribution in [2.45, 2.75) is 39.5 Å². The minimum absolute atomic E-state index is 0.201. The Balaban J connectivity index is 1.59. The summed E-state index contributed by atoms with van der Waals surface area (Å²) in [6.07, 6.45) is 1.43. The number of ether oxygens (including phenoxy) is 2. The second-order valence-corrected chi connectivity index (χ2v) is 11.1. The fourth-order valence-electron chi connectivity index (χ4n) is 4.60. The Hall–Kier alpha value is -4.45. The summed E-state index contributed by atoms with van der Waals surface area (Å²) in [4.78, 5) is 32.3. The van der Waals surface area contributed by atoms with E-state index in [1.54, 1.807) is 57.2 Å². The molecule has 0 fully saturated rings. The number of aromatic nitrogens is 1. The molecule has 41 heavy (non-hydrogen) atoms. The van der Waals surface area contributed by atoms with Crippen molar-refractivity contribution in [1.29, 1.82) is 5.26 Å². The lowest BCUT2D eigenvalue weighted by molar-refractivity contribution is -0.143. The molecule has 206 valence electrons. The Bertz CT molecular complexity index is 1880. The number of thiazole rings is 1. The van der Waals surface area contributed by atoms with E-state index in [1.165, 1.54) is 15.9 Å². The number of nitriles is 1. The highest BCUT2D eigenvalue weighted by Crippen LogP contribution is 2.31. The van der Waals surface area contributed by atoms with E-state index in [9.17, 15) is 14.9 Å². The van der Waals surface area contributed by atoms with Crippen molar-refractivity contribution in [2.75, 3.05) is 0 Å². The van der Waals surface area contributed by atoms with Crippen LogP contribution in [0.2, 0.25) is 5.02 Å². The standard InChI is InChI=1S/C32H26ClN3O4S/c1-19(2)40-31(38)28-20(3)35-32-36(29(28)21-12-14-25(33)15-13-21)30(37)27(41-32)16-22-8-6-7-11-26(22)39-18-24-10-5-4-9-23(24)17-34/h4-16,19,29H,18H2,1-3H3. The quantitative estimate of drug-likeness (QED) is 0.276. The van der Waals surface area contributed by atoms with Crippen LogP contribution in [0.25, 0.3) is 6.08 Å². The van der Waals surface area contributed by atoms with Crippen molar-refractivity contribution in [1.82, 2.24) is 4.57 Å². The molecule has 1 aliphatic rings. The largest absolute Gasteiger partial charge is 0.488 e. The van der Waals surface area contributed by atoms with Crippen LogP contribution in [0.4, 0.5) is 0 Å². The molecule has 3 aromatic carbocycles. The van der Waals surface area contributed by atoms with Gasteiger partial charge in [-0.1, -0.05) is 71.5 Å². The van der Waals surface area contributed by atoms with Crippen LogP contribution in [-0.2, 0) is 16.1 Å². The fraction of sp³-hybridized carbons (Fsp3) is 0.188. The molecule has 0 N–H and O–H groups in total. The number of carbonyl (C=O) groups is 1. The Morgan fingerprint density at radius 2 is 1.83 bits per heavy atom. The van der Waals surface area contributed by atoms with E-state index in [0.717, 1.165) is 5.56 Å². The Morgan fingerprint density at radius 1 is 1.12 bits per heavy atom. The number of hydrogen-bond donors (Lipinski definition) is 0. The van der Waals surface area contributed by atoms with Crippen molar-refractivity contribution in [3.8, 4) is 11.8 Å². The highest BCUT2D eigenvalue weighted by atomic mass is 35.5. The molecule has 1 aliphatic heterocycles. The number of para-hydroxylation sites is 1. The molecule has 0 radical (unpaired) electrons. The highest BCUT2D eigenvalue weighted by molar-refractivity contribution is 7.07. The number of rotatable bonds is 7. The maximum Gasteiger partial charge on any atom is 0.338 e. The van der Waals surface area contributed by atoms with E-state index in [4.69, 9.17) is 21.1 Å². The molecule has 0 amide bonds. The predicted octanol–water partition coefficient (Wildman–Crippen LogP) is 5.29. The monoisotopic (exact) mass is 583 g/mol. The third kappa shape index (κ3) is 5.87. The SMILES string of the molecule is CC1=C(C(=O)OC(C)C)C(c2ccc(Cl)cc2)n2c(sc(=Cc3ccccc3OCc3ccccc3C#N)c2=O)=N1. The van der Waals surface area contributed by atoms with Crippen molar-refractivity contribution >= 4 is 35.0 Å². The Morgan fingerprint density at radius 3 is 2.56 bits per heavy atom. The van der Waals surface area contributed by atoms with Crippen LogP contribution < -0.4 is 19.6 Å². The second-order valence-electron chi connectivity index (χ2n) is 9.68. The number of esters is 1. The van der Waals surface area contributed by atoms with Gasteiger partial charge in [-0.2, -0.15) is 5.26 Å². The molecule has 1 aromatic heterocycles. The zero-order valence-electron chi connectivity index (χ0n) is 22.6. The van der Waals surface area contributed by atoms with Gasteiger partial charge in [-0.3, -0.25) is 9.36 Å². The van der Waals surface area contributed by atoms with E-state index in [-0.39, 0.29) is 18.3 Å². The average Bonchev–Trinajstić information content (AvgIpc) is 3.26. The van der Waals surface area contributed by atoms with E-state index >= 15 is 0 Å². The lowest BCUT2D eigenvalue weighted by Crippen LogP contribution is -2.40. The summed E-state index contributed by atoms with van der Waals surface area (Å²) in [5.41, 5.74) is 3.23. The van der Waals surface area contributed by atoms with Gasteiger partial charge in [0, 0.05) is 16.1 Å². The van der Waals surface area contributed by atoms with Gasteiger partial charge in [0.1, 0.15) is 12.4 Å². The molecule has 0 saturated heterocycles. The number of hydrogen-bond acceptors (Lipinski definition) is 7. The van der Waals surface area contributed by atoms with Crippen LogP contribution >= 0.6 is 22.9 Å². The maximum absolute atomic E-state index is 13.9. The first-order chi connectivity index (χ1) is 19.8. The summed E-state index contributed by atoms with van der Waals surface area (Å²) in [5, 5.41) is 9.96. The summed E-state index contributed by atoms with van der Waals surface area (Å²) in [5.74, 6) is 0.0459. The fourth-order valence-corrected chi connectivity index (χ4v) is 5.77. The summed E-state index contributed by atoms with van der Waals surface area (Å²) >= 11 is 7.38. The molecule has 9 heteroatoms. The molecular weight excluding hydrogens is 558 g/mol. The molecular formula is C32H26ClN3O4S. The van der Waals surface area contributed by atoms with Crippen molar-refractivity contribution in [3.05, 3.63) is 131 Å². The van der Waals surface area contributed by atoms with E-state index in [0.29, 0.717) is 48.1 Å². The number of halogens is 1. The molecule has 2 heterocycles. The minimum Gasteiger partial charge on any atom is -0.488 e. The number of allylic oxidation sites excluding steroid dienone is 1. The first-order valence-corrected chi connectivity index (χ1v) is 14.1. The zero-order valence-corrected chi connectivity index (χ0v) is 24.2. The predicted molar refractivity (Wildman–Crippen MR) is 158 cm³/mol. The van der Waals surface area contributed by atoms with Gasteiger partial charge in [0.05, 0.1) is 39.6 Å². The van der Waals surface area contributed by atoms with Gasteiger partial charge in [0.2, 0.25) is 0 Å². The smallest absolute Gasteiger partial charge is 0.338 e. The van der Waals surface area contributed by atoms with Gasteiger partial charge in [0.25, 0.3) is 5.56 Å². The molecule has 0 spiro atoms. The lowest BCUT2D eigenvalue weighted by atomic mass is 9.96. The second kappa shape index (κ2) is 12.0. The number of carbonyl (C=O) groups excluding carboxylic acids is 1. The third-order valence-corrected chi connectivity index (χ3v) is 7.73. The van der Waals surface area contributed by atoms with Gasteiger partial charge in [0.15, 0.2) is 4.80 Å². The average molecular weight is 584 g/mol. The van der Waals surface area contributed by atoms with Gasteiger partial charge in [-0.05, 0) is 56.7 Å². The molecule has 0 bridgehead atoms. The molecule has 0 aliphatic carbocycles. The van der Waals surface area contributed by atoms with E-state index in [2.05, 4.69) is 11.1 Å². The molecule has 7 nitrogen and oxygen atoms in total. The topological polar surface area (TPSA) is 93.7 Å². The highest BCUT2D eigenvalue weighted by Gasteiger charge is 2.33. The summed E-state index contributed by atoms with van der Waals surface area (Å²) < 4.78 is 13.6. The van der Waals surface area contributed by atoms with E-state index in [1.807, 2.05) is 42.5 Å². The van der Waals surface area contributed by atoms with E-state index < -0.39 is 12.0 Å². The van der Waals surface area contributed by atoms with Gasteiger partial charge < -0.3 is 9.47 Å². The Kier molecular flexibility index (Phi) is 8.20.